The summed E-state index contributed by atoms with van der Waals surface area (Å²) in [7, 11) is 0. The molecular formula is C29H36N2O6. The highest BCUT2D eigenvalue weighted by Crippen LogP contribution is 2.42. The molecule has 1 fully saturated rings. The molecule has 0 bridgehead atoms. The van der Waals surface area contributed by atoms with E-state index in [0.29, 0.717) is 12.8 Å². The number of nitrogens with two attached hydrogens (primary N) is 1. The highest BCUT2D eigenvalue weighted by Gasteiger charge is 2.44. The van der Waals surface area contributed by atoms with E-state index in [4.69, 9.17) is 15.2 Å². The summed E-state index contributed by atoms with van der Waals surface area (Å²) in [6.45, 7) is 5.63. The Balaban J connectivity index is 1.80. The van der Waals surface area contributed by atoms with E-state index < -0.39 is 35.0 Å². The second-order valence-corrected chi connectivity index (χ2v) is 10.1. The lowest BCUT2D eigenvalue weighted by Crippen LogP contribution is -2.47. The van der Waals surface area contributed by atoms with Crippen molar-refractivity contribution in [1.82, 2.24) is 5.32 Å². The van der Waals surface area contributed by atoms with Gasteiger partial charge in [0.1, 0.15) is 5.60 Å². The molecule has 1 aliphatic heterocycles. The van der Waals surface area contributed by atoms with E-state index in [0.717, 1.165) is 11.1 Å². The number of carbonyl (C=O) groups excluding carboxylic acids is 4. The molecule has 4 unspecified atom stereocenters. The number of benzene rings is 2. The van der Waals surface area contributed by atoms with Crippen LogP contribution in [0.15, 0.2) is 60.7 Å². The molecule has 1 saturated heterocycles. The maximum atomic E-state index is 12.7. The van der Waals surface area contributed by atoms with E-state index in [1.165, 1.54) is 0 Å². The third-order valence-electron chi connectivity index (χ3n) is 6.82. The minimum Gasteiger partial charge on any atom is -0.454 e. The van der Waals surface area contributed by atoms with Crippen LogP contribution in [0.25, 0.3) is 0 Å². The van der Waals surface area contributed by atoms with E-state index in [1.54, 1.807) is 6.92 Å². The quantitative estimate of drug-likeness (QED) is 0.332. The van der Waals surface area contributed by atoms with Crippen molar-refractivity contribution in [2.24, 2.45) is 11.7 Å². The van der Waals surface area contributed by atoms with Crippen LogP contribution in [-0.2, 0) is 40.7 Å². The highest BCUT2D eigenvalue weighted by molar-refractivity contribution is 6.05. The first-order chi connectivity index (χ1) is 17.5. The Morgan fingerprint density at radius 2 is 1.68 bits per heavy atom. The van der Waals surface area contributed by atoms with Crippen LogP contribution in [0, 0.1) is 5.92 Å². The van der Waals surface area contributed by atoms with Crippen LogP contribution < -0.4 is 11.1 Å². The monoisotopic (exact) mass is 508 g/mol. The Morgan fingerprint density at radius 3 is 2.24 bits per heavy atom. The molecular weight excluding hydrogens is 472 g/mol. The van der Waals surface area contributed by atoms with Gasteiger partial charge in [-0.3, -0.25) is 24.5 Å². The fourth-order valence-corrected chi connectivity index (χ4v) is 4.85. The summed E-state index contributed by atoms with van der Waals surface area (Å²) in [5.74, 6) is -2.17. The Hall–Kier alpha value is -3.52. The molecule has 37 heavy (non-hydrogen) atoms. The number of amides is 2. The maximum Gasteiger partial charge on any atom is 0.306 e. The smallest absolute Gasteiger partial charge is 0.306 e. The summed E-state index contributed by atoms with van der Waals surface area (Å²) in [6, 6.07) is 19.5. The maximum absolute atomic E-state index is 12.7. The molecule has 3 N–H and O–H groups in total. The first-order valence-corrected chi connectivity index (χ1v) is 12.7. The van der Waals surface area contributed by atoms with Crippen LogP contribution in [0.5, 0.6) is 0 Å². The largest absolute Gasteiger partial charge is 0.454 e. The number of ether oxygens (including phenoxy) is 2. The normalized spacial score (nSPS) is 19.3. The van der Waals surface area contributed by atoms with Gasteiger partial charge in [-0.1, -0.05) is 74.5 Å². The van der Waals surface area contributed by atoms with Gasteiger partial charge in [0.2, 0.25) is 5.91 Å². The third kappa shape index (κ3) is 7.49. The zero-order valence-electron chi connectivity index (χ0n) is 21.7. The van der Waals surface area contributed by atoms with Crippen molar-refractivity contribution in [2.75, 3.05) is 0 Å². The van der Waals surface area contributed by atoms with Gasteiger partial charge in [0.05, 0.1) is 6.42 Å². The first-order valence-electron chi connectivity index (χ1n) is 12.7. The number of hydrogen-bond donors (Lipinski definition) is 2. The zero-order chi connectivity index (χ0) is 27.1. The Kier molecular flexibility index (Phi) is 9.21. The summed E-state index contributed by atoms with van der Waals surface area (Å²) < 4.78 is 11.4. The molecule has 0 aliphatic carbocycles. The number of esters is 2. The van der Waals surface area contributed by atoms with Crippen LogP contribution in [0.1, 0.15) is 64.0 Å². The van der Waals surface area contributed by atoms with Gasteiger partial charge < -0.3 is 15.2 Å². The van der Waals surface area contributed by atoms with Crippen molar-refractivity contribution in [3.05, 3.63) is 71.8 Å². The summed E-state index contributed by atoms with van der Waals surface area (Å²) in [6.07, 6.45) is 0.172. The third-order valence-corrected chi connectivity index (χ3v) is 6.82. The van der Waals surface area contributed by atoms with Crippen LogP contribution in [0.2, 0.25) is 0 Å². The number of hydrogen-bond acceptors (Lipinski definition) is 7. The highest BCUT2D eigenvalue weighted by atomic mass is 16.6. The van der Waals surface area contributed by atoms with E-state index in [9.17, 15) is 19.2 Å². The van der Waals surface area contributed by atoms with Gasteiger partial charge in [-0.25, -0.2) is 0 Å². The predicted octanol–water partition coefficient (Wildman–Crippen LogP) is 3.56. The van der Waals surface area contributed by atoms with Gasteiger partial charge in [-0.15, -0.1) is 0 Å². The van der Waals surface area contributed by atoms with Crippen molar-refractivity contribution in [1.29, 1.82) is 0 Å². The first kappa shape index (κ1) is 28.1. The summed E-state index contributed by atoms with van der Waals surface area (Å²) in [5.41, 5.74) is 6.79. The average Bonchev–Trinajstić information content (AvgIpc) is 3.19. The molecule has 0 spiro atoms. The van der Waals surface area contributed by atoms with E-state index in [1.807, 2.05) is 74.5 Å². The molecule has 2 aromatic rings. The summed E-state index contributed by atoms with van der Waals surface area (Å²) in [5, 5.41) is 2.12. The van der Waals surface area contributed by atoms with Gasteiger partial charge in [-0.2, -0.15) is 0 Å². The number of imide groups is 1. The van der Waals surface area contributed by atoms with Crippen LogP contribution in [-0.4, -0.2) is 35.4 Å². The topological polar surface area (TPSA) is 125 Å². The Bertz CT molecular complexity index is 1100. The summed E-state index contributed by atoms with van der Waals surface area (Å²) in [4.78, 5) is 48.2. The lowest BCUT2D eigenvalue weighted by atomic mass is 9.72. The number of rotatable bonds is 12. The van der Waals surface area contributed by atoms with E-state index >= 15 is 0 Å². The van der Waals surface area contributed by atoms with Gasteiger partial charge in [0.25, 0.3) is 5.91 Å². The van der Waals surface area contributed by atoms with Gasteiger partial charge >= 0.3 is 11.9 Å². The van der Waals surface area contributed by atoms with Crippen molar-refractivity contribution < 1.29 is 28.7 Å². The molecule has 0 radical (unpaired) electrons. The molecule has 2 amide bonds. The van der Waals surface area contributed by atoms with E-state index in [-0.39, 0.29) is 37.6 Å². The minimum atomic E-state index is -1.09. The van der Waals surface area contributed by atoms with Crippen LogP contribution in [0.4, 0.5) is 0 Å². The molecule has 2 aromatic carbocycles. The van der Waals surface area contributed by atoms with Crippen molar-refractivity contribution in [2.45, 2.75) is 76.5 Å². The fraction of sp³-hybridized carbons (Fsp3) is 0.448. The molecule has 3 rings (SSSR count). The van der Waals surface area contributed by atoms with Crippen LogP contribution >= 0.6 is 0 Å². The molecule has 0 aromatic heterocycles. The molecule has 0 saturated carbocycles. The number of carbonyl (C=O) groups is 4. The SMILES string of the molecule is CCC(=O)OC(Cc1ccccc1)(c1ccccc1)C(C)CC(C)(N)CCC(=O)OC1CC(=O)NC1=O. The molecule has 8 nitrogen and oxygen atoms in total. The fourth-order valence-electron chi connectivity index (χ4n) is 4.85. The molecule has 1 heterocycles. The zero-order valence-corrected chi connectivity index (χ0v) is 21.7. The minimum absolute atomic E-state index is 0.0105. The van der Waals surface area contributed by atoms with Crippen molar-refractivity contribution >= 4 is 23.8 Å². The summed E-state index contributed by atoms with van der Waals surface area (Å²) >= 11 is 0. The Labute approximate surface area is 217 Å². The molecule has 1 aliphatic rings. The molecule has 8 heteroatoms. The standard InChI is InChI=1S/C29H36N2O6/c1-4-25(33)37-29(22-13-9-6-10-14-22,19-21-11-7-5-8-12-21)20(2)18-28(3,30)16-15-26(34)36-23-17-24(32)31-27(23)35/h5-14,20,23H,4,15-19,30H2,1-3H3,(H,31,32,35). The van der Waals surface area contributed by atoms with Gasteiger partial charge in [0, 0.05) is 30.7 Å². The van der Waals surface area contributed by atoms with Crippen molar-refractivity contribution in [3.63, 3.8) is 0 Å². The second kappa shape index (κ2) is 12.1. The lowest BCUT2D eigenvalue weighted by molar-refractivity contribution is -0.168. The Morgan fingerprint density at radius 1 is 1.05 bits per heavy atom. The lowest BCUT2D eigenvalue weighted by Gasteiger charge is -2.42. The average molecular weight is 509 g/mol. The van der Waals surface area contributed by atoms with Crippen LogP contribution in [0.3, 0.4) is 0 Å². The molecule has 4 atom stereocenters. The molecule has 198 valence electrons. The number of nitrogens with one attached hydrogen (secondary N) is 1. The van der Waals surface area contributed by atoms with Gasteiger partial charge in [0.15, 0.2) is 6.10 Å². The second-order valence-electron chi connectivity index (χ2n) is 10.1. The predicted molar refractivity (Wildman–Crippen MR) is 138 cm³/mol. The van der Waals surface area contributed by atoms with Gasteiger partial charge in [-0.05, 0) is 30.9 Å². The van der Waals surface area contributed by atoms with Crippen molar-refractivity contribution in [3.8, 4) is 0 Å². The van der Waals surface area contributed by atoms with E-state index in [2.05, 4.69) is 5.32 Å².